The number of aryl methyl sites for hydroxylation is 1. The van der Waals surface area contributed by atoms with E-state index in [1.807, 2.05) is 37.3 Å². The summed E-state index contributed by atoms with van der Waals surface area (Å²) in [6.07, 6.45) is 1.53. The first kappa shape index (κ1) is 17.8. The van der Waals surface area contributed by atoms with E-state index in [9.17, 15) is 8.42 Å². The van der Waals surface area contributed by atoms with Crippen LogP contribution in [0.3, 0.4) is 0 Å². The molecule has 0 aliphatic carbocycles. The zero-order chi connectivity index (χ0) is 16.9. The minimum atomic E-state index is -3.60. The molecule has 0 spiro atoms. The van der Waals surface area contributed by atoms with E-state index in [0.29, 0.717) is 12.2 Å². The number of nitrogens with one attached hydrogen (secondary N) is 1. The van der Waals surface area contributed by atoms with Crippen LogP contribution in [0, 0.1) is 0 Å². The minimum Gasteiger partial charge on any atom is -0.495 e. The van der Waals surface area contributed by atoms with E-state index in [-0.39, 0.29) is 16.0 Å². The number of ether oxygens (including phenoxy) is 1. The molecule has 1 atom stereocenters. The number of rotatable bonds is 7. The third-order valence-corrected chi connectivity index (χ3v) is 5.38. The van der Waals surface area contributed by atoms with Crippen LogP contribution >= 0.6 is 11.6 Å². The highest BCUT2D eigenvalue weighted by Gasteiger charge is 2.18. The Labute approximate surface area is 142 Å². The molecule has 0 unspecified atom stereocenters. The highest BCUT2D eigenvalue weighted by atomic mass is 35.5. The van der Waals surface area contributed by atoms with Gasteiger partial charge in [0.05, 0.1) is 17.0 Å². The summed E-state index contributed by atoms with van der Waals surface area (Å²) in [6, 6.07) is 14.2. The van der Waals surface area contributed by atoms with Gasteiger partial charge in [-0.25, -0.2) is 13.1 Å². The molecule has 0 saturated heterocycles. The Morgan fingerprint density at radius 3 is 2.48 bits per heavy atom. The fourth-order valence-corrected chi connectivity index (χ4v) is 3.86. The number of hydrogen-bond acceptors (Lipinski definition) is 3. The molecular weight excluding hydrogens is 334 g/mol. The quantitative estimate of drug-likeness (QED) is 0.826. The molecule has 0 bridgehead atoms. The Kier molecular flexibility index (Phi) is 6.04. The van der Waals surface area contributed by atoms with E-state index >= 15 is 0 Å². The van der Waals surface area contributed by atoms with Crippen molar-refractivity contribution in [2.75, 3.05) is 7.11 Å². The predicted molar refractivity (Wildman–Crippen MR) is 92.6 cm³/mol. The van der Waals surface area contributed by atoms with Crippen LogP contribution in [-0.4, -0.2) is 21.6 Å². The first-order valence-electron chi connectivity index (χ1n) is 7.32. The van der Waals surface area contributed by atoms with Gasteiger partial charge >= 0.3 is 0 Å². The van der Waals surface area contributed by atoms with E-state index in [4.69, 9.17) is 16.3 Å². The smallest absolute Gasteiger partial charge is 0.240 e. The number of sulfonamides is 1. The van der Waals surface area contributed by atoms with Crippen molar-refractivity contribution in [1.82, 2.24) is 4.72 Å². The normalized spacial score (nSPS) is 12.8. The fourth-order valence-electron chi connectivity index (χ4n) is 2.23. The van der Waals surface area contributed by atoms with Gasteiger partial charge in [-0.3, -0.25) is 0 Å². The maximum Gasteiger partial charge on any atom is 0.240 e. The Bertz CT molecular complexity index is 748. The second-order valence-corrected chi connectivity index (χ2v) is 7.46. The average molecular weight is 354 g/mol. The second-order valence-electron chi connectivity index (χ2n) is 5.34. The predicted octanol–water partition coefficient (Wildman–Crippen LogP) is 3.65. The lowest BCUT2D eigenvalue weighted by atomic mass is 10.1. The summed E-state index contributed by atoms with van der Waals surface area (Å²) in [7, 11) is -2.12. The molecule has 2 aromatic rings. The van der Waals surface area contributed by atoms with E-state index in [1.54, 1.807) is 6.07 Å². The SMILES string of the molecule is COc1ccc(S(=O)(=O)N[C@@H](C)CCc2ccccc2)cc1Cl. The van der Waals surface area contributed by atoms with Crippen molar-refractivity contribution in [2.45, 2.75) is 30.7 Å². The molecule has 0 aliphatic rings. The third kappa shape index (κ3) is 4.96. The Morgan fingerprint density at radius 1 is 1.17 bits per heavy atom. The van der Waals surface area contributed by atoms with Gasteiger partial charge in [0.1, 0.15) is 5.75 Å². The molecule has 2 aromatic carbocycles. The van der Waals surface area contributed by atoms with Crippen molar-refractivity contribution >= 4 is 21.6 Å². The lowest BCUT2D eigenvalue weighted by Crippen LogP contribution is -2.32. The molecule has 0 heterocycles. The van der Waals surface area contributed by atoms with Crippen LogP contribution in [0.4, 0.5) is 0 Å². The first-order chi connectivity index (χ1) is 10.9. The van der Waals surface area contributed by atoms with Gasteiger partial charge in [-0.15, -0.1) is 0 Å². The van der Waals surface area contributed by atoms with Gasteiger partial charge < -0.3 is 4.74 Å². The molecule has 6 heteroatoms. The second kappa shape index (κ2) is 7.81. The van der Waals surface area contributed by atoms with Gasteiger partial charge in [0, 0.05) is 6.04 Å². The summed E-state index contributed by atoms with van der Waals surface area (Å²) in [4.78, 5) is 0.134. The van der Waals surface area contributed by atoms with Crippen molar-refractivity contribution in [3.63, 3.8) is 0 Å². The van der Waals surface area contributed by atoms with Gasteiger partial charge in [-0.2, -0.15) is 0 Å². The zero-order valence-electron chi connectivity index (χ0n) is 13.1. The summed E-state index contributed by atoms with van der Waals surface area (Å²) in [5, 5.41) is 0.271. The molecular formula is C17H20ClNO3S. The summed E-state index contributed by atoms with van der Waals surface area (Å²) in [6.45, 7) is 1.85. The lowest BCUT2D eigenvalue weighted by molar-refractivity contribution is 0.414. The van der Waals surface area contributed by atoms with Crippen molar-refractivity contribution in [3.05, 3.63) is 59.1 Å². The largest absolute Gasteiger partial charge is 0.495 e. The Hall–Kier alpha value is -1.56. The van der Waals surface area contributed by atoms with E-state index in [0.717, 1.165) is 6.42 Å². The van der Waals surface area contributed by atoms with Gasteiger partial charge in [-0.1, -0.05) is 41.9 Å². The maximum absolute atomic E-state index is 12.4. The molecule has 2 rings (SSSR count). The van der Waals surface area contributed by atoms with Crippen LogP contribution in [0.2, 0.25) is 5.02 Å². The number of methoxy groups -OCH3 is 1. The molecule has 0 fully saturated rings. The van der Waals surface area contributed by atoms with E-state index < -0.39 is 10.0 Å². The summed E-state index contributed by atoms with van der Waals surface area (Å²) >= 11 is 6.00. The topological polar surface area (TPSA) is 55.4 Å². The minimum absolute atomic E-state index is 0.134. The van der Waals surface area contributed by atoms with Crippen LogP contribution in [0.15, 0.2) is 53.4 Å². The standard InChI is InChI=1S/C17H20ClNO3S/c1-13(8-9-14-6-4-3-5-7-14)19-23(20,21)15-10-11-17(22-2)16(18)12-15/h3-7,10-13,19H,8-9H2,1-2H3/t13-/m0/s1. The molecule has 124 valence electrons. The average Bonchev–Trinajstić information content (AvgIpc) is 2.53. The molecule has 0 aliphatic heterocycles. The third-order valence-electron chi connectivity index (χ3n) is 3.50. The van der Waals surface area contributed by atoms with Crippen molar-refractivity contribution < 1.29 is 13.2 Å². The molecule has 0 radical (unpaired) electrons. The summed E-state index contributed by atoms with van der Waals surface area (Å²) < 4.78 is 32.5. The Morgan fingerprint density at radius 2 is 1.87 bits per heavy atom. The summed E-state index contributed by atoms with van der Waals surface area (Å²) in [5.41, 5.74) is 1.19. The maximum atomic E-state index is 12.4. The Balaban J connectivity index is 2.01. The van der Waals surface area contributed by atoms with Crippen LogP contribution in [0.25, 0.3) is 0 Å². The van der Waals surface area contributed by atoms with Gasteiger partial charge in [0.25, 0.3) is 0 Å². The molecule has 4 nitrogen and oxygen atoms in total. The van der Waals surface area contributed by atoms with Gasteiger partial charge in [0.15, 0.2) is 0 Å². The van der Waals surface area contributed by atoms with Crippen molar-refractivity contribution in [3.8, 4) is 5.75 Å². The number of hydrogen-bond donors (Lipinski definition) is 1. The van der Waals surface area contributed by atoms with E-state index in [2.05, 4.69) is 4.72 Å². The molecule has 0 amide bonds. The lowest BCUT2D eigenvalue weighted by Gasteiger charge is -2.15. The van der Waals surface area contributed by atoms with Crippen molar-refractivity contribution in [1.29, 1.82) is 0 Å². The van der Waals surface area contributed by atoms with Crippen LogP contribution < -0.4 is 9.46 Å². The van der Waals surface area contributed by atoms with Crippen LogP contribution in [0.5, 0.6) is 5.75 Å². The molecule has 23 heavy (non-hydrogen) atoms. The number of benzene rings is 2. The monoisotopic (exact) mass is 353 g/mol. The number of halogens is 1. The molecule has 0 aromatic heterocycles. The van der Waals surface area contributed by atoms with Crippen molar-refractivity contribution in [2.24, 2.45) is 0 Å². The van der Waals surface area contributed by atoms with Gasteiger partial charge in [0.2, 0.25) is 10.0 Å². The van der Waals surface area contributed by atoms with E-state index in [1.165, 1.54) is 24.8 Å². The molecule has 1 N–H and O–H groups in total. The summed E-state index contributed by atoms with van der Waals surface area (Å²) in [5.74, 6) is 0.447. The zero-order valence-corrected chi connectivity index (χ0v) is 14.7. The van der Waals surface area contributed by atoms with Gasteiger partial charge in [-0.05, 0) is 43.5 Å². The highest BCUT2D eigenvalue weighted by Crippen LogP contribution is 2.27. The highest BCUT2D eigenvalue weighted by molar-refractivity contribution is 7.89. The van der Waals surface area contributed by atoms with Crippen LogP contribution in [0.1, 0.15) is 18.9 Å². The first-order valence-corrected chi connectivity index (χ1v) is 9.18. The molecule has 0 saturated carbocycles. The van der Waals surface area contributed by atoms with Crippen LogP contribution in [-0.2, 0) is 16.4 Å². The fraction of sp³-hybridized carbons (Fsp3) is 0.294.